The second-order valence-electron chi connectivity index (χ2n) is 3.70. The fourth-order valence-electron chi connectivity index (χ4n) is 1.53. The smallest absolute Gasteiger partial charge is 0.307 e. The van der Waals surface area contributed by atoms with Crippen LogP contribution < -0.4 is 10.6 Å². The highest BCUT2D eigenvalue weighted by Crippen LogP contribution is 1.91. The van der Waals surface area contributed by atoms with Crippen molar-refractivity contribution in [3.63, 3.8) is 0 Å². The lowest BCUT2D eigenvalue weighted by atomic mass is 10.3. The van der Waals surface area contributed by atoms with Crippen molar-refractivity contribution < 1.29 is 14.3 Å². The standard InChI is InChI=1S/C10H19N3O3/c1-16-10(15)2-3-12-9(14)8-13-6-4-11-5-7-13/h11H,2-8H2,1H3,(H,12,14). The molecule has 0 bridgehead atoms. The normalized spacial score (nSPS) is 16.8. The Bertz CT molecular complexity index is 239. The predicted molar refractivity (Wildman–Crippen MR) is 59.0 cm³/mol. The average Bonchev–Trinajstić information content (AvgIpc) is 2.30. The summed E-state index contributed by atoms with van der Waals surface area (Å²) in [7, 11) is 1.34. The summed E-state index contributed by atoms with van der Waals surface area (Å²) in [6, 6.07) is 0. The van der Waals surface area contributed by atoms with Gasteiger partial charge in [-0.3, -0.25) is 14.5 Å². The molecule has 0 spiro atoms. The van der Waals surface area contributed by atoms with Crippen molar-refractivity contribution in [3.05, 3.63) is 0 Å². The molecule has 1 saturated heterocycles. The van der Waals surface area contributed by atoms with E-state index in [0.717, 1.165) is 26.2 Å². The molecule has 0 aromatic heterocycles. The van der Waals surface area contributed by atoms with Crippen molar-refractivity contribution in [3.8, 4) is 0 Å². The first-order valence-electron chi connectivity index (χ1n) is 5.49. The third kappa shape index (κ3) is 5.09. The fraction of sp³-hybridized carbons (Fsp3) is 0.800. The first-order chi connectivity index (χ1) is 7.72. The molecule has 0 atom stereocenters. The summed E-state index contributed by atoms with van der Waals surface area (Å²) in [5.41, 5.74) is 0. The lowest BCUT2D eigenvalue weighted by molar-refractivity contribution is -0.140. The van der Waals surface area contributed by atoms with Crippen LogP contribution in [0.3, 0.4) is 0 Å². The quantitative estimate of drug-likeness (QED) is 0.566. The summed E-state index contributed by atoms with van der Waals surface area (Å²) in [5, 5.41) is 5.91. The molecule has 2 N–H and O–H groups in total. The van der Waals surface area contributed by atoms with E-state index in [1.54, 1.807) is 0 Å². The molecule has 1 fully saturated rings. The number of methoxy groups -OCH3 is 1. The third-order valence-corrected chi connectivity index (χ3v) is 2.46. The monoisotopic (exact) mass is 229 g/mol. The summed E-state index contributed by atoms with van der Waals surface area (Å²) >= 11 is 0. The van der Waals surface area contributed by atoms with Crippen LogP contribution in [0.15, 0.2) is 0 Å². The Kier molecular flexibility index (Phi) is 5.81. The fourth-order valence-corrected chi connectivity index (χ4v) is 1.53. The summed E-state index contributed by atoms with van der Waals surface area (Å²) in [5.74, 6) is -0.340. The van der Waals surface area contributed by atoms with Gasteiger partial charge >= 0.3 is 5.97 Å². The Morgan fingerprint density at radius 1 is 1.38 bits per heavy atom. The van der Waals surface area contributed by atoms with Crippen LogP contribution in [0, 0.1) is 0 Å². The van der Waals surface area contributed by atoms with Crippen LogP contribution in [-0.4, -0.2) is 63.2 Å². The van der Waals surface area contributed by atoms with Crippen LogP contribution in [0.25, 0.3) is 0 Å². The number of piperazine rings is 1. The van der Waals surface area contributed by atoms with Crippen LogP contribution in [0.4, 0.5) is 0 Å². The highest BCUT2D eigenvalue weighted by atomic mass is 16.5. The van der Waals surface area contributed by atoms with Gasteiger partial charge in [0.2, 0.25) is 5.91 Å². The minimum Gasteiger partial charge on any atom is -0.469 e. The molecule has 0 saturated carbocycles. The Morgan fingerprint density at radius 3 is 2.69 bits per heavy atom. The molecule has 0 aliphatic carbocycles. The van der Waals surface area contributed by atoms with Crippen LogP contribution in [-0.2, 0) is 14.3 Å². The third-order valence-electron chi connectivity index (χ3n) is 2.46. The molecule has 1 heterocycles. The van der Waals surface area contributed by atoms with Gasteiger partial charge in [-0.05, 0) is 0 Å². The molecule has 1 rings (SSSR count). The molecule has 6 nitrogen and oxygen atoms in total. The summed E-state index contributed by atoms with van der Waals surface area (Å²) in [4.78, 5) is 24.3. The van der Waals surface area contributed by atoms with Crippen LogP contribution in [0.5, 0.6) is 0 Å². The molecule has 1 aliphatic heterocycles. The van der Waals surface area contributed by atoms with Crippen LogP contribution >= 0.6 is 0 Å². The van der Waals surface area contributed by atoms with Crippen molar-refractivity contribution in [2.75, 3.05) is 46.4 Å². The summed E-state index contributed by atoms with van der Waals surface area (Å²) < 4.78 is 4.47. The van der Waals surface area contributed by atoms with E-state index in [-0.39, 0.29) is 18.3 Å². The SMILES string of the molecule is COC(=O)CCNC(=O)CN1CCNCC1. The summed E-state index contributed by atoms with van der Waals surface area (Å²) in [6.07, 6.45) is 0.226. The van der Waals surface area contributed by atoms with Gasteiger partial charge in [-0.15, -0.1) is 0 Å². The number of ether oxygens (including phenoxy) is 1. The van der Waals surface area contributed by atoms with E-state index in [4.69, 9.17) is 0 Å². The number of carbonyl (C=O) groups excluding carboxylic acids is 2. The summed E-state index contributed by atoms with van der Waals surface area (Å²) in [6.45, 7) is 4.39. The van der Waals surface area contributed by atoms with Crippen molar-refractivity contribution in [2.24, 2.45) is 0 Å². The highest BCUT2D eigenvalue weighted by molar-refractivity contribution is 5.78. The topological polar surface area (TPSA) is 70.7 Å². The van der Waals surface area contributed by atoms with Crippen LogP contribution in [0.2, 0.25) is 0 Å². The first kappa shape index (κ1) is 12.9. The molecule has 6 heteroatoms. The predicted octanol–water partition coefficient (Wildman–Crippen LogP) is -1.43. The van der Waals surface area contributed by atoms with Gasteiger partial charge in [0.1, 0.15) is 0 Å². The Balaban J connectivity index is 2.08. The number of rotatable bonds is 5. The first-order valence-corrected chi connectivity index (χ1v) is 5.49. The zero-order valence-electron chi connectivity index (χ0n) is 9.62. The molecular weight excluding hydrogens is 210 g/mol. The molecular formula is C10H19N3O3. The average molecular weight is 229 g/mol. The molecule has 0 aromatic carbocycles. The van der Waals surface area contributed by atoms with Gasteiger partial charge in [-0.25, -0.2) is 0 Å². The van der Waals surface area contributed by atoms with Gasteiger partial charge in [0.15, 0.2) is 0 Å². The van der Waals surface area contributed by atoms with E-state index in [1.807, 2.05) is 0 Å². The maximum atomic E-state index is 11.5. The second-order valence-corrected chi connectivity index (χ2v) is 3.70. The minimum absolute atomic E-state index is 0.0363. The Labute approximate surface area is 95.3 Å². The number of esters is 1. The van der Waals surface area contributed by atoms with E-state index in [9.17, 15) is 9.59 Å². The van der Waals surface area contributed by atoms with Crippen molar-refractivity contribution in [2.45, 2.75) is 6.42 Å². The van der Waals surface area contributed by atoms with E-state index >= 15 is 0 Å². The lowest BCUT2D eigenvalue weighted by Crippen LogP contribution is -2.47. The van der Waals surface area contributed by atoms with Crippen LogP contribution in [0.1, 0.15) is 6.42 Å². The van der Waals surface area contributed by atoms with Gasteiger partial charge in [0.25, 0.3) is 0 Å². The van der Waals surface area contributed by atoms with E-state index < -0.39 is 0 Å². The molecule has 0 aromatic rings. The van der Waals surface area contributed by atoms with E-state index in [1.165, 1.54) is 7.11 Å². The molecule has 1 amide bonds. The highest BCUT2D eigenvalue weighted by Gasteiger charge is 2.13. The maximum Gasteiger partial charge on any atom is 0.307 e. The lowest BCUT2D eigenvalue weighted by Gasteiger charge is -2.26. The number of hydrogen-bond donors (Lipinski definition) is 2. The second kappa shape index (κ2) is 7.19. The minimum atomic E-state index is -0.303. The Morgan fingerprint density at radius 2 is 2.06 bits per heavy atom. The Hall–Kier alpha value is -1.14. The maximum absolute atomic E-state index is 11.5. The molecule has 0 radical (unpaired) electrons. The zero-order valence-corrected chi connectivity index (χ0v) is 9.62. The van der Waals surface area contributed by atoms with Crippen molar-refractivity contribution >= 4 is 11.9 Å². The molecule has 1 aliphatic rings. The number of nitrogens with zero attached hydrogens (tertiary/aromatic N) is 1. The van der Waals surface area contributed by atoms with Gasteiger partial charge < -0.3 is 15.4 Å². The van der Waals surface area contributed by atoms with Gasteiger partial charge in [-0.2, -0.15) is 0 Å². The zero-order chi connectivity index (χ0) is 11.8. The van der Waals surface area contributed by atoms with Crippen molar-refractivity contribution in [1.82, 2.24) is 15.5 Å². The van der Waals surface area contributed by atoms with Gasteiger partial charge in [0, 0.05) is 32.7 Å². The molecule has 16 heavy (non-hydrogen) atoms. The number of carbonyl (C=O) groups is 2. The van der Waals surface area contributed by atoms with Gasteiger partial charge in [-0.1, -0.05) is 0 Å². The molecule has 0 unspecified atom stereocenters. The number of hydrogen-bond acceptors (Lipinski definition) is 5. The largest absolute Gasteiger partial charge is 0.469 e. The molecule has 92 valence electrons. The van der Waals surface area contributed by atoms with E-state index in [0.29, 0.717) is 13.1 Å². The van der Waals surface area contributed by atoms with Gasteiger partial charge in [0.05, 0.1) is 20.1 Å². The number of amides is 1. The number of nitrogens with one attached hydrogen (secondary N) is 2. The van der Waals surface area contributed by atoms with Crippen molar-refractivity contribution in [1.29, 1.82) is 0 Å². The van der Waals surface area contributed by atoms with E-state index in [2.05, 4.69) is 20.3 Å².